The lowest BCUT2D eigenvalue weighted by atomic mass is 10.1. The minimum absolute atomic E-state index is 0.0159. The van der Waals surface area contributed by atoms with E-state index in [1.807, 2.05) is 19.9 Å². The number of carbonyl (C=O) groups is 1. The Kier molecular flexibility index (Phi) is 6.65. The van der Waals surface area contributed by atoms with E-state index in [0.29, 0.717) is 22.9 Å². The summed E-state index contributed by atoms with van der Waals surface area (Å²) in [5.74, 6) is 0.164. The molecule has 1 fully saturated rings. The molecular formula is C18H21ClN2O3. The van der Waals surface area contributed by atoms with Gasteiger partial charge in [-0.25, -0.2) is 0 Å². The summed E-state index contributed by atoms with van der Waals surface area (Å²) in [7, 11) is 0. The molecule has 0 aliphatic carbocycles. The van der Waals surface area contributed by atoms with Crippen LogP contribution in [0.5, 0.6) is 5.75 Å². The van der Waals surface area contributed by atoms with Gasteiger partial charge in [-0.1, -0.05) is 17.7 Å². The van der Waals surface area contributed by atoms with Crippen molar-refractivity contribution < 1.29 is 14.3 Å². The van der Waals surface area contributed by atoms with Gasteiger partial charge in [-0.3, -0.25) is 4.79 Å². The van der Waals surface area contributed by atoms with Gasteiger partial charge in [0.2, 0.25) is 0 Å². The lowest BCUT2D eigenvalue weighted by molar-refractivity contribution is -0.117. The Morgan fingerprint density at radius 3 is 2.96 bits per heavy atom. The van der Waals surface area contributed by atoms with Crippen molar-refractivity contribution in [2.45, 2.75) is 38.9 Å². The molecule has 0 aromatic heterocycles. The standard InChI is InChI=1S/C18H21ClN2O3/c1-12(2)24-17-6-5-13(9-16(17)19)8-14(10-20)18(22)21-11-15-4-3-7-23-15/h5-6,8-9,12,15H,3-4,7,11H2,1-2H3,(H,21,22)/b14-8+. The molecule has 1 aromatic carbocycles. The molecule has 128 valence electrons. The molecule has 1 aromatic rings. The maximum Gasteiger partial charge on any atom is 0.262 e. The van der Waals surface area contributed by atoms with Crippen molar-refractivity contribution in [1.29, 1.82) is 5.26 Å². The SMILES string of the molecule is CC(C)Oc1ccc(/C=C(\C#N)C(=O)NCC2CCCO2)cc1Cl. The molecule has 1 saturated heterocycles. The molecule has 5 nitrogen and oxygen atoms in total. The number of nitrogens with one attached hydrogen (secondary N) is 1. The summed E-state index contributed by atoms with van der Waals surface area (Å²) in [5, 5.41) is 12.4. The number of nitriles is 1. The molecule has 1 atom stereocenters. The molecule has 0 radical (unpaired) electrons. The van der Waals surface area contributed by atoms with Crippen LogP contribution in [0.1, 0.15) is 32.3 Å². The molecule has 6 heteroatoms. The fourth-order valence-electron chi connectivity index (χ4n) is 2.38. The third kappa shape index (κ3) is 5.26. The number of hydrogen-bond donors (Lipinski definition) is 1. The highest BCUT2D eigenvalue weighted by Crippen LogP contribution is 2.27. The second kappa shape index (κ2) is 8.72. The van der Waals surface area contributed by atoms with Gasteiger partial charge in [0.1, 0.15) is 17.4 Å². The number of hydrogen-bond acceptors (Lipinski definition) is 4. The normalized spacial score (nSPS) is 17.6. The molecule has 1 heterocycles. The third-order valence-corrected chi connectivity index (χ3v) is 3.80. The van der Waals surface area contributed by atoms with Gasteiger partial charge < -0.3 is 14.8 Å². The molecule has 0 bridgehead atoms. The molecule has 1 aliphatic rings. The molecular weight excluding hydrogens is 328 g/mol. The summed E-state index contributed by atoms with van der Waals surface area (Å²) >= 11 is 6.17. The number of rotatable bonds is 6. The van der Waals surface area contributed by atoms with Crippen LogP contribution in [0.4, 0.5) is 0 Å². The summed E-state index contributed by atoms with van der Waals surface area (Å²) in [5.41, 5.74) is 0.696. The highest BCUT2D eigenvalue weighted by molar-refractivity contribution is 6.32. The lowest BCUT2D eigenvalue weighted by Gasteiger charge is -2.12. The molecule has 1 unspecified atom stereocenters. The van der Waals surface area contributed by atoms with Crippen LogP contribution < -0.4 is 10.1 Å². The fraction of sp³-hybridized carbons (Fsp3) is 0.444. The quantitative estimate of drug-likeness (QED) is 0.632. The number of ether oxygens (including phenoxy) is 2. The van der Waals surface area contributed by atoms with E-state index in [4.69, 9.17) is 21.1 Å². The van der Waals surface area contributed by atoms with Crippen molar-refractivity contribution in [3.05, 3.63) is 34.4 Å². The Balaban J connectivity index is 2.04. The number of amides is 1. The van der Waals surface area contributed by atoms with Crippen molar-refractivity contribution >= 4 is 23.6 Å². The van der Waals surface area contributed by atoms with Crippen LogP contribution in [0.2, 0.25) is 5.02 Å². The lowest BCUT2D eigenvalue weighted by Crippen LogP contribution is -2.32. The minimum atomic E-state index is -0.411. The molecule has 1 amide bonds. The second-order valence-corrected chi connectivity index (χ2v) is 6.28. The maximum absolute atomic E-state index is 12.1. The van der Waals surface area contributed by atoms with Gasteiger partial charge in [0, 0.05) is 13.2 Å². The van der Waals surface area contributed by atoms with Crippen LogP contribution in [0.15, 0.2) is 23.8 Å². The highest BCUT2D eigenvalue weighted by Gasteiger charge is 2.17. The first-order valence-corrected chi connectivity index (χ1v) is 8.35. The summed E-state index contributed by atoms with van der Waals surface area (Å²) in [6.07, 6.45) is 3.50. The first kappa shape index (κ1) is 18.3. The molecule has 0 saturated carbocycles. The van der Waals surface area contributed by atoms with E-state index in [1.165, 1.54) is 6.08 Å². The first-order chi connectivity index (χ1) is 11.5. The van der Waals surface area contributed by atoms with E-state index in [-0.39, 0.29) is 17.8 Å². The molecule has 1 N–H and O–H groups in total. The van der Waals surface area contributed by atoms with Crippen molar-refractivity contribution in [2.75, 3.05) is 13.2 Å². The third-order valence-electron chi connectivity index (χ3n) is 3.51. The zero-order chi connectivity index (χ0) is 17.5. The van der Waals surface area contributed by atoms with Crippen molar-refractivity contribution in [3.63, 3.8) is 0 Å². The van der Waals surface area contributed by atoms with Gasteiger partial charge >= 0.3 is 0 Å². The number of halogens is 1. The number of carbonyl (C=O) groups excluding carboxylic acids is 1. The molecule has 0 spiro atoms. The van der Waals surface area contributed by atoms with Crippen LogP contribution in [-0.4, -0.2) is 31.3 Å². The number of benzene rings is 1. The Hall–Kier alpha value is -2.03. The maximum atomic E-state index is 12.1. The molecule has 2 rings (SSSR count). The van der Waals surface area contributed by atoms with Gasteiger partial charge in [0.05, 0.1) is 17.2 Å². The van der Waals surface area contributed by atoms with Gasteiger partial charge in [0.25, 0.3) is 5.91 Å². The van der Waals surface area contributed by atoms with E-state index in [9.17, 15) is 10.1 Å². The summed E-state index contributed by atoms with van der Waals surface area (Å²) in [6.45, 7) is 4.97. The van der Waals surface area contributed by atoms with Crippen molar-refractivity contribution in [1.82, 2.24) is 5.32 Å². The number of nitrogens with zero attached hydrogens (tertiary/aromatic N) is 1. The molecule has 1 aliphatic heterocycles. The zero-order valence-electron chi connectivity index (χ0n) is 13.8. The first-order valence-electron chi connectivity index (χ1n) is 7.97. The van der Waals surface area contributed by atoms with Crippen LogP contribution in [0, 0.1) is 11.3 Å². The topological polar surface area (TPSA) is 71.3 Å². The van der Waals surface area contributed by atoms with Gasteiger partial charge in [-0.05, 0) is 50.5 Å². The largest absolute Gasteiger partial charge is 0.489 e. The van der Waals surface area contributed by atoms with Crippen LogP contribution >= 0.6 is 11.6 Å². The van der Waals surface area contributed by atoms with E-state index in [2.05, 4.69) is 5.32 Å². The van der Waals surface area contributed by atoms with Crippen molar-refractivity contribution in [2.24, 2.45) is 0 Å². The Labute approximate surface area is 147 Å². The van der Waals surface area contributed by atoms with Crippen LogP contribution in [0.25, 0.3) is 6.08 Å². The smallest absolute Gasteiger partial charge is 0.262 e. The second-order valence-electron chi connectivity index (χ2n) is 5.87. The minimum Gasteiger partial charge on any atom is -0.489 e. The van der Waals surface area contributed by atoms with E-state index in [0.717, 1.165) is 19.4 Å². The summed E-state index contributed by atoms with van der Waals surface area (Å²) < 4.78 is 11.0. The average molecular weight is 349 g/mol. The van der Waals surface area contributed by atoms with Gasteiger partial charge in [-0.15, -0.1) is 0 Å². The van der Waals surface area contributed by atoms with Crippen LogP contribution in [0.3, 0.4) is 0 Å². The fourth-order valence-corrected chi connectivity index (χ4v) is 2.61. The van der Waals surface area contributed by atoms with E-state index < -0.39 is 5.91 Å². The van der Waals surface area contributed by atoms with Gasteiger partial charge in [-0.2, -0.15) is 5.26 Å². The monoisotopic (exact) mass is 348 g/mol. The predicted molar refractivity (Wildman–Crippen MR) is 92.8 cm³/mol. The van der Waals surface area contributed by atoms with Crippen LogP contribution in [-0.2, 0) is 9.53 Å². The predicted octanol–water partition coefficient (Wildman–Crippen LogP) is 3.33. The zero-order valence-corrected chi connectivity index (χ0v) is 14.6. The summed E-state index contributed by atoms with van der Waals surface area (Å²) in [6, 6.07) is 7.08. The van der Waals surface area contributed by atoms with Gasteiger partial charge in [0.15, 0.2) is 0 Å². The highest BCUT2D eigenvalue weighted by atomic mass is 35.5. The Bertz CT molecular complexity index is 659. The van der Waals surface area contributed by atoms with Crippen molar-refractivity contribution in [3.8, 4) is 11.8 Å². The Morgan fingerprint density at radius 1 is 1.58 bits per heavy atom. The van der Waals surface area contributed by atoms with E-state index in [1.54, 1.807) is 18.2 Å². The summed E-state index contributed by atoms with van der Waals surface area (Å²) in [4.78, 5) is 12.1. The molecule has 24 heavy (non-hydrogen) atoms. The van der Waals surface area contributed by atoms with E-state index >= 15 is 0 Å². The average Bonchev–Trinajstić information content (AvgIpc) is 3.06. The Morgan fingerprint density at radius 2 is 2.38 bits per heavy atom.